The molecule has 0 aliphatic carbocycles. The fourth-order valence-electron chi connectivity index (χ4n) is 2.30. The average Bonchev–Trinajstić information content (AvgIpc) is 2.84. The smallest absolute Gasteiger partial charge is 0.0595 e. The first-order valence-corrected chi connectivity index (χ1v) is 5.93. The van der Waals surface area contributed by atoms with E-state index in [2.05, 4.69) is 12.0 Å². The highest BCUT2D eigenvalue weighted by Gasteiger charge is 2.28. The van der Waals surface area contributed by atoms with Crippen molar-refractivity contribution in [2.75, 3.05) is 6.61 Å². The van der Waals surface area contributed by atoms with Gasteiger partial charge in [0.1, 0.15) is 0 Å². The van der Waals surface area contributed by atoms with Gasteiger partial charge >= 0.3 is 0 Å². The van der Waals surface area contributed by atoms with Crippen molar-refractivity contribution in [1.82, 2.24) is 9.78 Å². The summed E-state index contributed by atoms with van der Waals surface area (Å²) in [5.41, 5.74) is 1.17. The Morgan fingerprint density at radius 1 is 1.69 bits per heavy atom. The molecule has 0 amide bonds. The van der Waals surface area contributed by atoms with Crippen LogP contribution in [0.15, 0.2) is 12.3 Å². The fraction of sp³-hybridized carbons (Fsp3) is 0.750. The van der Waals surface area contributed by atoms with Crippen LogP contribution in [0.5, 0.6) is 0 Å². The minimum atomic E-state index is -0.250. The lowest BCUT2D eigenvalue weighted by molar-refractivity contribution is 0.0755. The molecule has 3 atom stereocenters. The van der Waals surface area contributed by atoms with E-state index in [9.17, 15) is 5.11 Å². The van der Waals surface area contributed by atoms with Gasteiger partial charge in [-0.2, -0.15) is 5.10 Å². The molecule has 4 nitrogen and oxygen atoms in total. The van der Waals surface area contributed by atoms with Gasteiger partial charge in [-0.1, -0.05) is 0 Å². The molecular formula is C12H20N2O2. The zero-order valence-electron chi connectivity index (χ0n) is 9.97. The molecule has 2 rings (SSSR count). The highest BCUT2D eigenvalue weighted by atomic mass is 16.5. The van der Waals surface area contributed by atoms with E-state index in [4.69, 9.17) is 4.74 Å². The van der Waals surface area contributed by atoms with Crippen molar-refractivity contribution in [1.29, 1.82) is 0 Å². The third kappa shape index (κ3) is 2.62. The van der Waals surface area contributed by atoms with Crippen LogP contribution < -0.4 is 0 Å². The minimum absolute atomic E-state index is 0.250. The molecule has 1 aliphatic heterocycles. The molecule has 2 heterocycles. The Kier molecular flexibility index (Phi) is 3.61. The van der Waals surface area contributed by atoms with Gasteiger partial charge in [0.15, 0.2) is 0 Å². The molecule has 0 spiro atoms. The van der Waals surface area contributed by atoms with E-state index in [0.29, 0.717) is 18.6 Å². The number of nitrogens with zero attached hydrogens (tertiary/aromatic N) is 2. The summed E-state index contributed by atoms with van der Waals surface area (Å²) in [5.74, 6) is 0.309. The molecule has 0 saturated carbocycles. The van der Waals surface area contributed by atoms with Gasteiger partial charge in [0, 0.05) is 24.9 Å². The second-order valence-corrected chi connectivity index (χ2v) is 4.69. The van der Waals surface area contributed by atoms with Crippen molar-refractivity contribution < 1.29 is 9.84 Å². The summed E-state index contributed by atoms with van der Waals surface area (Å²) in [6, 6.07) is 2.00. The predicted octanol–water partition coefficient (Wildman–Crippen LogP) is 1.14. The Labute approximate surface area is 96.2 Å². The lowest BCUT2D eigenvalue weighted by atomic mass is 9.95. The van der Waals surface area contributed by atoms with E-state index in [-0.39, 0.29) is 6.10 Å². The number of aromatic nitrogens is 2. The molecule has 4 heteroatoms. The summed E-state index contributed by atoms with van der Waals surface area (Å²) in [7, 11) is 1.93. The molecule has 0 aromatic carbocycles. The Morgan fingerprint density at radius 3 is 3.06 bits per heavy atom. The van der Waals surface area contributed by atoms with Gasteiger partial charge in [-0.05, 0) is 32.3 Å². The van der Waals surface area contributed by atoms with Crippen LogP contribution in [0, 0.1) is 5.92 Å². The maximum absolute atomic E-state index is 10.0. The van der Waals surface area contributed by atoms with Gasteiger partial charge in [-0.3, -0.25) is 4.68 Å². The zero-order chi connectivity index (χ0) is 11.5. The average molecular weight is 224 g/mol. The van der Waals surface area contributed by atoms with Crippen molar-refractivity contribution >= 4 is 0 Å². The Balaban J connectivity index is 1.80. The molecule has 16 heavy (non-hydrogen) atoms. The van der Waals surface area contributed by atoms with Gasteiger partial charge in [0.25, 0.3) is 0 Å². The first-order chi connectivity index (χ1) is 7.66. The lowest BCUT2D eigenvalue weighted by Gasteiger charge is -2.16. The fourth-order valence-corrected chi connectivity index (χ4v) is 2.30. The van der Waals surface area contributed by atoms with Crippen molar-refractivity contribution in [2.45, 2.75) is 38.4 Å². The van der Waals surface area contributed by atoms with Gasteiger partial charge in [-0.15, -0.1) is 0 Å². The SMILES string of the molecule is CC1CC(C(O)CCc2ccnn2C)CO1. The third-order valence-corrected chi connectivity index (χ3v) is 3.39. The largest absolute Gasteiger partial charge is 0.393 e. The second kappa shape index (κ2) is 4.97. The van der Waals surface area contributed by atoms with Gasteiger partial charge < -0.3 is 9.84 Å². The van der Waals surface area contributed by atoms with Gasteiger partial charge in [0.05, 0.1) is 18.8 Å². The van der Waals surface area contributed by atoms with E-state index in [1.54, 1.807) is 6.20 Å². The minimum Gasteiger partial charge on any atom is -0.393 e. The number of ether oxygens (including phenoxy) is 1. The van der Waals surface area contributed by atoms with Crippen molar-refractivity contribution in [3.63, 3.8) is 0 Å². The van der Waals surface area contributed by atoms with Crippen LogP contribution in [0.3, 0.4) is 0 Å². The maximum Gasteiger partial charge on any atom is 0.0595 e. The highest BCUT2D eigenvalue weighted by molar-refractivity contribution is 5.00. The molecule has 1 aliphatic rings. The summed E-state index contributed by atoms with van der Waals surface area (Å²) < 4.78 is 7.33. The highest BCUT2D eigenvalue weighted by Crippen LogP contribution is 2.24. The van der Waals surface area contributed by atoms with Crippen molar-refractivity contribution in [2.24, 2.45) is 13.0 Å². The van der Waals surface area contributed by atoms with Crippen molar-refractivity contribution in [3.05, 3.63) is 18.0 Å². The number of aliphatic hydroxyl groups is 1. The Morgan fingerprint density at radius 2 is 2.50 bits per heavy atom. The third-order valence-electron chi connectivity index (χ3n) is 3.39. The summed E-state index contributed by atoms with van der Waals surface area (Å²) >= 11 is 0. The first-order valence-electron chi connectivity index (χ1n) is 5.93. The molecule has 1 fully saturated rings. The van der Waals surface area contributed by atoms with Gasteiger partial charge in [-0.25, -0.2) is 0 Å². The van der Waals surface area contributed by atoms with E-state index in [1.807, 2.05) is 17.8 Å². The van der Waals surface area contributed by atoms with Crippen LogP contribution in [0.2, 0.25) is 0 Å². The summed E-state index contributed by atoms with van der Waals surface area (Å²) in [6.07, 6.45) is 4.49. The molecule has 90 valence electrons. The summed E-state index contributed by atoms with van der Waals surface area (Å²) in [6.45, 7) is 2.77. The molecule has 1 aromatic heterocycles. The predicted molar refractivity (Wildman–Crippen MR) is 61.1 cm³/mol. The normalized spacial score (nSPS) is 27.2. The second-order valence-electron chi connectivity index (χ2n) is 4.69. The van der Waals surface area contributed by atoms with Crippen LogP contribution in [0.25, 0.3) is 0 Å². The topological polar surface area (TPSA) is 47.3 Å². The summed E-state index contributed by atoms with van der Waals surface area (Å²) in [4.78, 5) is 0. The standard InChI is InChI=1S/C12H20N2O2/c1-9-7-10(8-16-9)12(15)4-3-11-5-6-13-14(11)2/h5-6,9-10,12,15H,3-4,7-8H2,1-2H3. The lowest BCUT2D eigenvalue weighted by Crippen LogP contribution is -2.21. The van der Waals surface area contributed by atoms with E-state index >= 15 is 0 Å². The number of hydrogen-bond acceptors (Lipinski definition) is 3. The quantitative estimate of drug-likeness (QED) is 0.834. The first kappa shape index (κ1) is 11.6. The summed E-state index contributed by atoms with van der Waals surface area (Å²) in [5, 5.41) is 14.2. The van der Waals surface area contributed by atoms with Crippen LogP contribution in [0.1, 0.15) is 25.5 Å². The number of aryl methyl sites for hydroxylation is 2. The molecule has 1 saturated heterocycles. The molecular weight excluding hydrogens is 204 g/mol. The Hall–Kier alpha value is -0.870. The van der Waals surface area contributed by atoms with E-state index in [0.717, 1.165) is 19.3 Å². The molecule has 1 N–H and O–H groups in total. The maximum atomic E-state index is 10.0. The van der Waals surface area contributed by atoms with Crippen LogP contribution in [-0.4, -0.2) is 33.7 Å². The van der Waals surface area contributed by atoms with Crippen LogP contribution >= 0.6 is 0 Å². The van der Waals surface area contributed by atoms with E-state index in [1.165, 1.54) is 5.69 Å². The number of rotatable bonds is 4. The molecule has 0 radical (unpaired) electrons. The monoisotopic (exact) mass is 224 g/mol. The molecule has 1 aromatic rings. The zero-order valence-corrected chi connectivity index (χ0v) is 9.97. The van der Waals surface area contributed by atoms with Crippen LogP contribution in [0.4, 0.5) is 0 Å². The Bertz CT molecular complexity index is 338. The van der Waals surface area contributed by atoms with Gasteiger partial charge in [0.2, 0.25) is 0 Å². The molecule has 0 bridgehead atoms. The van der Waals surface area contributed by atoms with Crippen molar-refractivity contribution in [3.8, 4) is 0 Å². The number of aliphatic hydroxyl groups excluding tert-OH is 1. The van der Waals surface area contributed by atoms with E-state index < -0.39 is 0 Å². The molecule has 3 unspecified atom stereocenters. The number of hydrogen-bond donors (Lipinski definition) is 1. The van der Waals surface area contributed by atoms with Crippen LogP contribution in [-0.2, 0) is 18.2 Å².